The first-order valence-corrected chi connectivity index (χ1v) is 7.93. The lowest BCUT2D eigenvalue weighted by Crippen LogP contribution is -1.70. The predicted octanol–water partition coefficient (Wildman–Crippen LogP) is 6.61. The molecule has 3 heteroatoms. The van der Waals surface area contributed by atoms with E-state index < -0.39 is 0 Å². The van der Waals surface area contributed by atoms with E-state index in [1.165, 1.54) is 25.6 Å². The Balaban J connectivity index is 2.14. The Morgan fingerprint density at radius 1 is 0.762 bits per heavy atom. The number of fused-ring (bicyclic) bond motifs is 7. The minimum absolute atomic E-state index is 0.811. The summed E-state index contributed by atoms with van der Waals surface area (Å²) in [5.74, 6) is 0. The molecule has 21 heavy (non-hydrogen) atoms. The Hall–Kier alpha value is -2.03. The topological polar surface area (TPSA) is 13.1 Å². The minimum Gasteiger partial charge on any atom is -0.456 e. The van der Waals surface area contributed by atoms with Crippen molar-refractivity contribution >= 4 is 65.0 Å². The van der Waals surface area contributed by atoms with E-state index >= 15 is 0 Å². The standard InChI is InChI=1S/C18H9ClOS/c19-12-5-3-7-15-16(12)11-8-9-14-17(18(11)21-15)10-4-1-2-6-13(10)20-14/h1-9H. The number of rotatable bonds is 0. The molecular weight excluding hydrogens is 300 g/mol. The van der Waals surface area contributed by atoms with Gasteiger partial charge in [-0.25, -0.2) is 0 Å². The Bertz CT molecular complexity index is 1150. The molecule has 0 bridgehead atoms. The lowest BCUT2D eigenvalue weighted by atomic mass is 10.1. The fourth-order valence-corrected chi connectivity index (χ4v) is 4.66. The molecule has 0 amide bonds. The van der Waals surface area contributed by atoms with Gasteiger partial charge in [0.2, 0.25) is 0 Å². The van der Waals surface area contributed by atoms with E-state index in [9.17, 15) is 0 Å². The van der Waals surface area contributed by atoms with Gasteiger partial charge >= 0.3 is 0 Å². The first kappa shape index (κ1) is 11.6. The number of hydrogen-bond donors (Lipinski definition) is 0. The van der Waals surface area contributed by atoms with Gasteiger partial charge < -0.3 is 4.42 Å². The van der Waals surface area contributed by atoms with Gasteiger partial charge in [0.15, 0.2) is 0 Å². The van der Waals surface area contributed by atoms with Crippen molar-refractivity contribution in [2.75, 3.05) is 0 Å². The summed E-state index contributed by atoms with van der Waals surface area (Å²) in [5.41, 5.74) is 1.87. The molecule has 0 radical (unpaired) electrons. The van der Waals surface area contributed by atoms with Crippen LogP contribution in [0.2, 0.25) is 5.02 Å². The van der Waals surface area contributed by atoms with Crippen LogP contribution in [-0.2, 0) is 0 Å². The van der Waals surface area contributed by atoms with Crippen LogP contribution in [0.3, 0.4) is 0 Å². The minimum atomic E-state index is 0.811. The molecule has 0 aliphatic heterocycles. The quantitative estimate of drug-likeness (QED) is 0.314. The molecule has 0 atom stereocenters. The van der Waals surface area contributed by atoms with Crippen LogP contribution >= 0.6 is 22.9 Å². The highest BCUT2D eigenvalue weighted by Crippen LogP contribution is 2.43. The van der Waals surface area contributed by atoms with Crippen LogP contribution in [0.5, 0.6) is 0 Å². The number of benzene rings is 3. The number of hydrogen-bond acceptors (Lipinski definition) is 2. The molecule has 0 aliphatic rings. The van der Waals surface area contributed by atoms with Gasteiger partial charge in [-0.05, 0) is 30.3 Å². The molecule has 0 saturated heterocycles. The van der Waals surface area contributed by atoms with Crippen LogP contribution in [-0.4, -0.2) is 0 Å². The second-order valence-electron chi connectivity index (χ2n) is 5.13. The van der Waals surface area contributed by atoms with Crippen molar-refractivity contribution in [3.8, 4) is 0 Å². The summed E-state index contributed by atoms with van der Waals surface area (Å²) >= 11 is 8.18. The molecular formula is C18H9ClOS. The number of thiophene rings is 1. The van der Waals surface area contributed by atoms with Crippen molar-refractivity contribution in [1.29, 1.82) is 0 Å². The van der Waals surface area contributed by atoms with Crippen LogP contribution in [0.25, 0.3) is 42.1 Å². The van der Waals surface area contributed by atoms with E-state index in [-0.39, 0.29) is 0 Å². The normalized spacial score (nSPS) is 12.0. The third-order valence-electron chi connectivity index (χ3n) is 3.95. The lowest BCUT2D eigenvalue weighted by Gasteiger charge is -1.95. The van der Waals surface area contributed by atoms with Gasteiger partial charge in [-0.2, -0.15) is 0 Å². The van der Waals surface area contributed by atoms with E-state index in [0.29, 0.717) is 0 Å². The van der Waals surface area contributed by atoms with Crippen molar-refractivity contribution < 1.29 is 4.42 Å². The summed E-state index contributed by atoms with van der Waals surface area (Å²) in [6.07, 6.45) is 0. The monoisotopic (exact) mass is 308 g/mol. The summed E-state index contributed by atoms with van der Waals surface area (Å²) in [4.78, 5) is 0. The molecule has 0 fully saturated rings. The molecule has 0 aliphatic carbocycles. The Morgan fingerprint density at radius 3 is 2.62 bits per heavy atom. The largest absolute Gasteiger partial charge is 0.456 e. The molecule has 5 aromatic rings. The molecule has 0 saturated carbocycles. The zero-order chi connectivity index (χ0) is 14.0. The maximum Gasteiger partial charge on any atom is 0.136 e. The maximum absolute atomic E-state index is 6.40. The van der Waals surface area contributed by atoms with Crippen LogP contribution in [0.4, 0.5) is 0 Å². The maximum atomic E-state index is 6.40. The van der Waals surface area contributed by atoms with E-state index in [2.05, 4.69) is 24.3 Å². The molecule has 1 nitrogen and oxygen atoms in total. The first-order valence-electron chi connectivity index (χ1n) is 6.74. The third-order valence-corrected chi connectivity index (χ3v) is 5.46. The average Bonchev–Trinajstić information content (AvgIpc) is 3.05. The van der Waals surface area contributed by atoms with Gasteiger partial charge in [0.1, 0.15) is 11.2 Å². The zero-order valence-corrected chi connectivity index (χ0v) is 12.5. The highest BCUT2D eigenvalue weighted by Gasteiger charge is 2.15. The highest BCUT2D eigenvalue weighted by atomic mass is 35.5. The zero-order valence-electron chi connectivity index (χ0n) is 10.9. The van der Waals surface area contributed by atoms with Crippen LogP contribution < -0.4 is 0 Å². The third kappa shape index (κ3) is 1.46. The summed E-state index contributed by atoms with van der Waals surface area (Å²) < 4.78 is 8.43. The molecule has 0 N–H and O–H groups in total. The van der Waals surface area contributed by atoms with E-state index in [0.717, 1.165) is 21.6 Å². The van der Waals surface area contributed by atoms with Crippen LogP contribution in [0.15, 0.2) is 59.0 Å². The number of furan rings is 1. The predicted molar refractivity (Wildman–Crippen MR) is 91.6 cm³/mol. The number of halogens is 1. The van der Waals surface area contributed by atoms with E-state index in [1.54, 1.807) is 11.3 Å². The molecule has 0 spiro atoms. The van der Waals surface area contributed by atoms with Gasteiger partial charge in [-0.15, -0.1) is 11.3 Å². The van der Waals surface area contributed by atoms with E-state index in [1.807, 2.05) is 30.3 Å². The SMILES string of the molecule is Clc1cccc2sc3c(ccc4oc5ccccc5c43)c12. The fourth-order valence-electron chi connectivity index (χ4n) is 3.05. The van der Waals surface area contributed by atoms with Crippen molar-refractivity contribution in [2.24, 2.45) is 0 Å². The van der Waals surface area contributed by atoms with Crippen LogP contribution in [0.1, 0.15) is 0 Å². The van der Waals surface area contributed by atoms with Crippen molar-refractivity contribution in [1.82, 2.24) is 0 Å². The summed E-state index contributed by atoms with van der Waals surface area (Å²) in [5, 5.41) is 5.53. The first-order chi connectivity index (χ1) is 10.3. The Morgan fingerprint density at radius 2 is 1.67 bits per heavy atom. The second kappa shape index (κ2) is 4.00. The van der Waals surface area contributed by atoms with Crippen molar-refractivity contribution in [3.05, 3.63) is 59.6 Å². The Labute approximate surface area is 129 Å². The summed E-state index contributed by atoms with van der Waals surface area (Å²) in [7, 11) is 0. The highest BCUT2D eigenvalue weighted by molar-refractivity contribution is 7.27. The molecule has 2 aromatic heterocycles. The lowest BCUT2D eigenvalue weighted by molar-refractivity contribution is 0.669. The van der Waals surface area contributed by atoms with Gasteiger partial charge in [0, 0.05) is 36.0 Å². The van der Waals surface area contributed by atoms with Crippen molar-refractivity contribution in [3.63, 3.8) is 0 Å². The summed E-state index contributed by atoms with van der Waals surface area (Å²) in [6, 6.07) is 18.4. The summed E-state index contributed by atoms with van der Waals surface area (Å²) in [6.45, 7) is 0. The fraction of sp³-hybridized carbons (Fsp3) is 0. The smallest absolute Gasteiger partial charge is 0.136 e. The second-order valence-corrected chi connectivity index (χ2v) is 6.59. The van der Waals surface area contributed by atoms with Gasteiger partial charge in [-0.3, -0.25) is 0 Å². The van der Waals surface area contributed by atoms with Gasteiger partial charge in [0.25, 0.3) is 0 Å². The molecule has 3 aromatic carbocycles. The average molecular weight is 309 g/mol. The molecule has 0 unspecified atom stereocenters. The molecule has 5 rings (SSSR count). The van der Waals surface area contributed by atoms with Crippen LogP contribution in [0, 0.1) is 0 Å². The van der Waals surface area contributed by atoms with E-state index in [4.69, 9.17) is 16.0 Å². The Kier molecular flexibility index (Phi) is 2.21. The van der Waals surface area contributed by atoms with Gasteiger partial charge in [0.05, 0.1) is 0 Å². The molecule has 100 valence electrons. The van der Waals surface area contributed by atoms with Crippen molar-refractivity contribution in [2.45, 2.75) is 0 Å². The number of para-hydroxylation sites is 1. The van der Waals surface area contributed by atoms with Gasteiger partial charge in [-0.1, -0.05) is 35.9 Å². The molecule has 2 heterocycles.